The second kappa shape index (κ2) is 7.39. The number of amides is 2. The lowest BCUT2D eigenvalue weighted by Gasteiger charge is -2.56. The molecule has 1 spiro atoms. The van der Waals surface area contributed by atoms with E-state index in [-0.39, 0.29) is 18.1 Å². The van der Waals surface area contributed by atoms with Crippen molar-refractivity contribution in [2.24, 2.45) is 17.3 Å². The van der Waals surface area contributed by atoms with Crippen molar-refractivity contribution in [3.05, 3.63) is 0 Å². The van der Waals surface area contributed by atoms with Gasteiger partial charge in [-0.25, -0.2) is 4.79 Å². The Hall–Kier alpha value is -0.810. The molecule has 3 N–H and O–H groups in total. The van der Waals surface area contributed by atoms with E-state index < -0.39 is 0 Å². The Morgan fingerprint density at radius 1 is 1.35 bits per heavy atom. The highest BCUT2D eigenvalue weighted by atomic mass is 16.5. The summed E-state index contributed by atoms with van der Waals surface area (Å²) in [5.41, 5.74) is 0.215. The number of aliphatic hydroxyl groups excluding tert-OH is 1. The van der Waals surface area contributed by atoms with Crippen LogP contribution in [-0.4, -0.2) is 43.0 Å². The first-order chi connectivity index (χ1) is 11.2. The van der Waals surface area contributed by atoms with Crippen LogP contribution in [0.15, 0.2) is 0 Å². The average Bonchev–Trinajstić information content (AvgIpc) is 3.19. The van der Waals surface area contributed by atoms with Crippen LogP contribution in [0.4, 0.5) is 4.79 Å². The van der Waals surface area contributed by atoms with Crippen molar-refractivity contribution in [3.63, 3.8) is 0 Å². The van der Waals surface area contributed by atoms with E-state index in [0.717, 1.165) is 32.3 Å². The van der Waals surface area contributed by atoms with Crippen molar-refractivity contribution in [1.29, 1.82) is 0 Å². The van der Waals surface area contributed by atoms with Gasteiger partial charge in [-0.1, -0.05) is 26.2 Å². The lowest BCUT2D eigenvalue weighted by molar-refractivity contribution is -0.126. The van der Waals surface area contributed by atoms with E-state index in [9.17, 15) is 4.79 Å². The van der Waals surface area contributed by atoms with Gasteiger partial charge in [0.05, 0.1) is 6.10 Å². The third-order valence-corrected chi connectivity index (χ3v) is 6.36. The summed E-state index contributed by atoms with van der Waals surface area (Å²) in [4.78, 5) is 12.4. The highest BCUT2D eigenvalue weighted by Crippen LogP contribution is 2.60. The number of ether oxygens (including phenoxy) is 1. The fourth-order valence-corrected chi connectivity index (χ4v) is 5.27. The van der Waals surface area contributed by atoms with Gasteiger partial charge in [-0.05, 0) is 38.0 Å². The van der Waals surface area contributed by atoms with Crippen LogP contribution in [0.5, 0.6) is 0 Å². The molecule has 1 saturated heterocycles. The Bertz CT molecular complexity index is 403. The van der Waals surface area contributed by atoms with Gasteiger partial charge in [-0.15, -0.1) is 0 Å². The van der Waals surface area contributed by atoms with Gasteiger partial charge in [-0.3, -0.25) is 0 Å². The van der Waals surface area contributed by atoms with Gasteiger partial charge in [0.15, 0.2) is 0 Å². The van der Waals surface area contributed by atoms with Crippen molar-refractivity contribution in [3.8, 4) is 0 Å². The molecule has 1 aliphatic heterocycles. The fraction of sp³-hybridized carbons (Fsp3) is 0.944. The molecular weight excluding hydrogens is 292 g/mol. The first-order valence-electron chi connectivity index (χ1n) is 9.48. The topological polar surface area (TPSA) is 70.6 Å². The highest BCUT2D eigenvalue weighted by Gasteiger charge is 2.65. The summed E-state index contributed by atoms with van der Waals surface area (Å²) in [6, 6.07) is 0.255. The Kier molecular flexibility index (Phi) is 5.47. The van der Waals surface area contributed by atoms with Gasteiger partial charge in [0.1, 0.15) is 0 Å². The van der Waals surface area contributed by atoms with E-state index in [1.807, 2.05) is 0 Å². The zero-order valence-electron chi connectivity index (χ0n) is 14.4. The summed E-state index contributed by atoms with van der Waals surface area (Å²) in [5.74, 6) is 0.892. The zero-order chi connectivity index (χ0) is 16.3. The number of aliphatic hydroxyl groups is 1. The predicted molar refractivity (Wildman–Crippen MR) is 89.2 cm³/mol. The second-order valence-corrected chi connectivity index (χ2v) is 7.68. The van der Waals surface area contributed by atoms with E-state index in [4.69, 9.17) is 9.84 Å². The Morgan fingerprint density at radius 2 is 2.13 bits per heavy atom. The number of carbonyl (C=O) groups is 1. The molecule has 1 heterocycles. The van der Waals surface area contributed by atoms with Crippen LogP contribution in [0.2, 0.25) is 0 Å². The minimum absolute atomic E-state index is 0.0364. The lowest BCUT2D eigenvalue weighted by Crippen LogP contribution is -2.69. The van der Waals surface area contributed by atoms with E-state index >= 15 is 0 Å². The van der Waals surface area contributed by atoms with E-state index in [1.165, 1.54) is 25.7 Å². The molecule has 3 fully saturated rings. The fourth-order valence-electron chi connectivity index (χ4n) is 5.27. The zero-order valence-corrected chi connectivity index (χ0v) is 14.4. The van der Waals surface area contributed by atoms with E-state index in [1.54, 1.807) is 0 Å². The molecule has 3 rings (SSSR count). The first kappa shape index (κ1) is 17.0. The van der Waals surface area contributed by atoms with Crippen LogP contribution in [0, 0.1) is 17.3 Å². The number of hydrogen-bond donors (Lipinski definition) is 3. The maximum atomic E-state index is 12.4. The molecule has 0 radical (unpaired) electrons. The van der Waals surface area contributed by atoms with Crippen LogP contribution < -0.4 is 10.6 Å². The standard InChI is InChI=1S/C18H32N2O3/c1-2-5-13(6-10-21)12-19-17(22)20-15-14-7-11-23-16(14)18(15)8-3-4-9-18/h13-16,21H,2-12H2,1H3,(H2,19,20,22). The Labute approximate surface area is 139 Å². The van der Waals surface area contributed by atoms with Crippen molar-refractivity contribution in [2.45, 2.75) is 70.4 Å². The second-order valence-electron chi connectivity index (χ2n) is 7.68. The summed E-state index contributed by atoms with van der Waals surface area (Å²) in [7, 11) is 0. The summed E-state index contributed by atoms with van der Waals surface area (Å²) in [6.45, 7) is 3.85. The molecule has 3 aliphatic rings. The van der Waals surface area contributed by atoms with E-state index in [2.05, 4.69) is 17.6 Å². The minimum Gasteiger partial charge on any atom is -0.396 e. The number of fused-ring (bicyclic) bond motifs is 2. The molecule has 2 aliphatic carbocycles. The van der Waals surface area contributed by atoms with Gasteiger partial charge in [0.25, 0.3) is 0 Å². The monoisotopic (exact) mass is 324 g/mol. The lowest BCUT2D eigenvalue weighted by atomic mass is 9.54. The van der Waals surface area contributed by atoms with Crippen LogP contribution in [0.1, 0.15) is 58.3 Å². The van der Waals surface area contributed by atoms with Crippen LogP contribution in [0.3, 0.4) is 0 Å². The maximum Gasteiger partial charge on any atom is 0.315 e. The molecule has 4 atom stereocenters. The number of urea groups is 1. The smallest absolute Gasteiger partial charge is 0.315 e. The Morgan fingerprint density at radius 3 is 2.83 bits per heavy atom. The van der Waals surface area contributed by atoms with Gasteiger partial charge in [0, 0.05) is 37.1 Å². The van der Waals surface area contributed by atoms with Crippen LogP contribution >= 0.6 is 0 Å². The molecule has 0 aromatic rings. The molecule has 0 aromatic carbocycles. The third kappa shape index (κ3) is 3.22. The van der Waals surface area contributed by atoms with Crippen LogP contribution in [0.25, 0.3) is 0 Å². The summed E-state index contributed by atoms with van der Waals surface area (Å²) in [6.07, 6.45) is 9.29. The van der Waals surface area contributed by atoms with Gasteiger partial charge < -0.3 is 20.5 Å². The molecule has 4 unspecified atom stereocenters. The molecule has 0 aromatic heterocycles. The molecule has 2 saturated carbocycles. The SMILES string of the molecule is CCCC(CCO)CNC(=O)NC1C2CCOC2C12CCCC2. The van der Waals surface area contributed by atoms with Crippen molar-refractivity contribution < 1.29 is 14.6 Å². The maximum absolute atomic E-state index is 12.4. The molecule has 5 nitrogen and oxygen atoms in total. The molecule has 5 heteroatoms. The predicted octanol–water partition coefficient (Wildman–Crippen LogP) is 2.43. The summed E-state index contributed by atoms with van der Waals surface area (Å²) in [5, 5.41) is 15.4. The average molecular weight is 324 g/mol. The molecule has 132 valence electrons. The van der Waals surface area contributed by atoms with Gasteiger partial charge >= 0.3 is 6.03 Å². The largest absolute Gasteiger partial charge is 0.396 e. The number of carbonyl (C=O) groups excluding carboxylic acids is 1. The van der Waals surface area contributed by atoms with E-state index in [0.29, 0.717) is 30.5 Å². The quantitative estimate of drug-likeness (QED) is 0.673. The van der Waals surface area contributed by atoms with Crippen LogP contribution in [-0.2, 0) is 4.74 Å². The van der Waals surface area contributed by atoms with Gasteiger partial charge in [-0.2, -0.15) is 0 Å². The minimum atomic E-state index is -0.0364. The van der Waals surface area contributed by atoms with Crippen molar-refractivity contribution in [1.82, 2.24) is 10.6 Å². The molecule has 0 bridgehead atoms. The first-order valence-corrected chi connectivity index (χ1v) is 9.48. The summed E-state index contributed by atoms with van der Waals surface area (Å²) >= 11 is 0. The van der Waals surface area contributed by atoms with Crippen molar-refractivity contribution in [2.75, 3.05) is 19.8 Å². The molecule has 23 heavy (non-hydrogen) atoms. The Balaban J connectivity index is 1.51. The van der Waals surface area contributed by atoms with Gasteiger partial charge in [0.2, 0.25) is 0 Å². The number of nitrogens with one attached hydrogen (secondary N) is 2. The molecular formula is C18H32N2O3. The summed E-state index contributed by atoms with van der Waals surface area (Å²) < 4.78 is 5.96. The molecule has 2 amide bonds. The number of hydrogen-bond acceptors (Lipinski definition) is 3. The van der Waals surface area contributed by atoms with Crippen molar-refractivity contribution >= 4 is 6.03 Å². The highest BCUT2D eigenvalue weighted by molar-refractivity contribution is 5.74. The number of rotatable bonds is 7. The normalized spacial score (nSPS) is 32.3. The third-order valence-electron chi connectivity index (χ3n) is 6.36.